The standard InChI is InChI=1S/C16H22O3/c1-12(2)9-10-19-15-8-7-14(6-5-13(3)17)11-16(15)18-4/h5-8,11-12H,9-10H2,1-4H3/b6-5+. The minimum Gasteiger partial charge on any atom is -0.493 e. The molecule has 0 bridgehead atoms. The van der Waals surface area contributed by atoms with E-state index in [1.54, 1.807) is 13.2 Å². The van der Waals surface area contributed by atoms with E-state index in [0.29, 0.717) is 18.3 Å². The van der Waals surface area contributed by atoms with Gasteiger partial charge in [-0.05, 0) is 43.0 Å². The predicted octanol–water partition coefficient (Wildman–Crippen LogP) is 3.72. The molecule has 0 fully saturated rings. The Bertz CT molecular complexity index is 447. The molecule has 0 heterocycles. The van der Waals surface area contributed by atoms with E-state index in [1.165, 1.54) is 13.0 Å². The van der Waals surface area contributed by atoms with E-state index < -0.39 is 0 Å². The molecule has 0 aromatic heterocycles. The number of allylic oxidation sites excluding steroid dienone is 1. The fourth-order valence-corrected chi connectivity index (χ4v) is 1.53. The average molecular weight is 262 g/mol. The van der Waals surface area contributed by atoms with E-state index in [9.17, 15) is 4.79 Å². The third-order valence-electron chi connectivity index (χ3n) is 2.65. The highest BCUT2D eigenvalue weighted by molar-refractivity contribution is 5.91. The Hall–Kier alpha value is -1.77. The molecule has 0 saturated carbocycles. The van der Waals surface area contributed by atoms with Gasteiger partial charge in [-0.25, -0.2) is 0 Å². The first-order valence-corrected chi connectivity index (χ1v) is 6.52. The molecule has 0 unspecified atom stereocenters. The van der Waals surface area contributed by atoms with Crippen LogP contribution in [0.2, 0.25) is 0 Å². The van der Waals surface area contributed by atoms with Crippen molar-refractivity contribution in [3.63, 3.8) is 0 Å². The van der Waals surface area contributed by atoms with Gasteiger partial charge in [0.05, 0.1) is 13.7 Å². The molecule has 0 radical (unpaired) electrons. The van der Waals surface area contributed by atoms with Crippen molar-refractivity contribution in [2.45, 2.75) is 27.2 Å². The number of ketones is 1. The molecule has 0 N–H and O–H groups in total. The second-order valence-electron chi connectivity index (χ2n) is 4.89. The fraction of sp³-hybridized carbons (Fsp3) is 0.438. The van der Waals surface area contributed by atoms with Crippen LogP contribution in [0.25, 0.3) is 6.08 Å². The molecule has 104 valence electrons. The lowest BCUT2D eigenvalue weighted by Crippen LogP contribution is -2.02. The topological polar surface area (TPSA) is 35.5 Å². The normalized spacial score (nSPS) is 11.0. The Kier molecular flexibility index (Phi) is 6.13. The number of carbonyl (C=O) groups excluding carboxylic acids is 1. The van der Waals surface area contributed by atoms with Crippen molar-refractivity contribution in [1.29, 1.82) is 0 Å². The minimum atomic E-state index is 0.0243. The molecule has 0 aliphatic carbocycles. The summed E-state index contributed by atoms with van der Waals surface area (Å²) in [6.07, 6.45) is 4.31. The third kappa shape index (κ3) is 5.60. The van der Waals surface area contributed by atoms with Crippen LogP contribution in [0, 0.1) is 5.92 Å². The summed E-state index contributed by atoms with van der Waals surface area (Å²) in [5.74, 6) is 2.07. The van der Waals surface area contributed by atoms with Crippen molar-refractivity contribution in [3.05, 3.63) is 29.8 Å². The third-order valence-corrected chi connectivity index (χ3v) is 2.65. The number of methoxy groups -OCH3 is 1. The summed E-state index contributed by atoms with van der Waals surface area (Å²) in [5, 5.41) is 0. The Morgan fingerprint density at radius 1 is 1.32 bits per heavy atom. The Morgan fingerprint density at radius 3 is 2.63 bits per heavy atom. The van der Waals surface area contributed by atoms with Crippen molar-refractivity contribution in [2.24, 2.45) is 5.92 Å². The summed E-state index contributed by atoms with van der Waals surface area (Å²) >= 11 is 0. The van der Waals surface area contributed by atoms with E-state index >= 15 is 0 Å². The van der Waals surface area contributed by atoms with Gasteiger partial charge in [-0.1, -0.05) is 26.0 Å². The number of carbonyl (C=O) groups is 1. The van der Waals surface area contributed by atoms with Crippen molar-refractivity contribution in [1.82, 2.24) is 0 Å². The molecule has 0 saturated heterocycles. The van der Waals surface area contributed by atoms with E-state index in [-0.39, 0.29) is 5.78 Å². The zero-order valence-corrected chi connectivity index (χ0v) is 12.1. The quantitative estimate of drug-likeness (QED) is 0.702. The monoisotopic (exact) mass is 262 g/mol. The molecule has 0 aliphatic rings. The maximum absolute atomic E-state index is 10.9. The SMILES string of the molecule is COc1cc(/C=C/C(C)=O)ccc1OCCC(C)C. The highest BCUT2D eigenvalue weighted by Gasteiger charge is 2.05. The van der Waals surface area contributed by atoms with Gasteiger partial charge in [0.25, 0.3) is 0 Å². The van der Waals surface area contributed by atoms with Gasteiger partial charge in [0.15, 0.2) is 17.3 Å². The number of hydrogen-bond acceptors (Lipinski definition) is 3. The van der Waals surface area contributed by atoms with Crippen LogP contribution in [-0.4, -0.2) is 19.5 Å². The summed E-state index contributed by atoms with van der Waals surface area (Å²) in [5.41, 5.74) is 0.920. The van der Waals surface area contributed by atoms with E-state index in [2.05, 4.69) is 13.8 Å². The van der Waals surface area contributed by atoms with Crippen molar-refractivity contribution >= 4 is 11.9 Å². The Labute approximate surface area is 115 Å². The van der Waals surface area contributed by atoms with Crippen LogP contribution in [0.4, 0.5) is 0 Å². The first-order valence-electron chi connectivity index (χ1n) is 6.52. The molecule has 0 aliphatic heterocycles. The molecular formula is C16H22O3. The zero-order chi connectivity index (χ0) is 14.3. The molecule has 3 nitrogen and oxygen atoms in total. The summed E-state index contributed by atoms with van der Waals surface area (Å²) in [6, 6.07) is 5.65. The van der Waals surface area contributed by atoms with E-state index in [1.807, 2.05) is 18.2 Å². The first-order chi connectivity index (χ1) is 9.02. The van der Waals surface area contributed by atoms with Crippen LogP contribution >= 0.6 is 0 Å². The fourth-order valence-electron chi connectivity index (χ4n) is 1.53. The van der Waals surface area contributed by atoms with Crippen molar-refractivity contribution in [3.8, 4) is 11.5 Å². The smallest absolute Gasteiger partial charge is 0.161 e. The maximum Gasteiger partial charge on any atom is 0.161 e. The molecule has 0 amide bonds. The summed E-state index contributed by atoms with van der Waals surface area (Å²) < 4.78 is 11.0. The van der Waals surface area contributed by atoms with Crippen LogP contribution in [0.1, 0.15) is 32.8 Å². The lowest BCUT2D eigenvalue weighted by atomic mass is 10.1. The Morgan fingerprint density at radius 2 is 2.05 bits per heavy atom. The van der Waals surface area contributed by atoms with Gasteiger partial charge >= 0.3 is 0 Å². The summed E-state index contributed by atoms with van der Waals surface area (Å²) in [6.45, 7) is 6.53. The number of rotatable bonds is 7. The van der Waals surface area contributed by atoms with Crippen molar-refractivity contribution in [2.75, 3.05) is 13.7 Å². The molecule has 3 heteroatoms. The molecule has 1 rings (SSSR count). The van der Waals surface area contributed by atoms with Crippen LogP contribution in [0.15, 0.2) is 24.3 Å². The highest BCUT2D eigenvalue weighted by atomic mass is 16.5. The summed E-state index contributed by atoms with van der Waals surface area (Å²) in [4.78, 5) is 10.9. The molecular weight excluding hydrogens is 240 g/mol. The first kappa shape index (κ1) is 15.3. The molecule has 0 spiro atoms. The minimum absolute atomic E-state index is 0.0243. The van der Waals surface area contributed by atoms with Crippen LogP contribution in [-0.2, 0) is 4.79 Å². The summed E-state index contributed by atoms with van der Waals surface area (Å²) in [7, 11) is 1.61. The number of hydrogen-bond donors (Lipinski definition) is 0. The van der Waals surface area contributed by atoms with Gasteiger partial charge < -0.3 is 9.47 Å². The lowest BCUT2D eigenvalue weighted by molar-refractivity contribution is -0.112. The van der Waals surface area contributed by atoms with E-state index in [0.717, 1.165) is 17.7 Å². The average Bonchev–Trinajstić information content (AvgIpc) is 2.36. The van der Waals surface area contributed by atoms with Gasteiger partial charge in [-0.2, -0.15) is 0 Å². The molecule has 0 atom stereocenters. The van der Waals surface area contributed by atoms with E-state index in [4.69, 9.17) is 9.47 Å². The zero-order valence-electron chi connectivity index (χ0n) is 12.1. The van der Waals surface area contributed by atoms with Gasteiger partial charge in [0, 0.05) is 0 Å². The van der Waals surface area contributed by atoms with Gasteiger partial charge in [-0.3, -0.25) is 4.79 Å². The number of benzene rings is 1. The van der Waals surface area contributed by atoms with Crippen LogP contribution in [0.3, 0.4) is 0 Å². The van der Waals surface area contributed by atoms with Crippen LogP contribution < -0.4 is 9.47 Å². The molecule has 1 aromatic rings. The number of ether oxygens (including phenoxy) is 2. The largest absolute Gasteiger partial charge is 0.493 e. The Balaban J connectivity index is 2.75. The molecule has 1 aromatic carbocycles. The van der Waals surface area contributed by atoms with Gasteiger partial charge in [0.2, 0.25) is 0 Å². The predicted molar refractivity (Wildman–Crippen MR) is 77.7 cm³/mol. The van der Waals surface area contributed by atoms with Gasteiger partial charge in [-0.15, -0.1) is 0 Å². The van der Waals surface area contributed by atoms with Crippen LogP contribution in [0.5, 0.6) is 11.5 Å². The lowest BCUT2D eigenvalue weighted by Gasteiger charge is -2.12. The second-order valence-corrected chi connectivity index (χ2v) is 4.89. The van der Waals surface area contributed by atoms with Gasteiger partial charge in [0.1, 0.15) is 0 Å². The second kappa shape index (κ2) is 7.62. The molecule has 19 heavy (non-hydrogen) atoms. The maximum atomic E-state index is 10.9. The highest BCUT2D eigenvalue weighted by Crippen LogP contribution is 2.28. The van der Waals surface area contributed by atoms with Crippen molar-refractivity contribution < 1.29 is 14.3 Å².